The van der Waals surface area contributed by atoms with Gasteiger partial charge in [-0.3, -0.25) is 4.57 Å². The molecule has 0 saturated heterocycles. The first-order valence-electron chi connectivity index (χ1n) is 7.32. The van der Waals surface area contributed by atoms with Crippen LogP contribution in [0.5, 0.6) is 6.01 Å². The van der Waals surface area contributed by atoms with E-state index in [0.29, 0.717) is 25.8 Å². The van der Waals surface area contributed by atoms with Crippen LogP contribution in [-0.4, -0.2) is 27.2 Å². The van der Waals surface area contributed by atoms with Crippen molar-refractivity contribution in [2.24, 2.45) is 0 Å². The van der Waals surface area contributed by atoms with Gasteiger partial charge in [0, 0.05) is 28.8 Å². The van der Waals surface area contributed by atoms with E-state index in [-0.39, 0.29) is 11.9 Å². The lowest BCUT2D eigenvalue weighted by molar-refractivity contribution is -0.389. The maximum atomic E-state index is 10.7. The second kappa shape index (κ2) is 7.10. The molecule has 1 aliphatic heterocycles. The maximum absolute atomic E-state index is 10.7. The molecular formula is C15H16BrN3O4. The molecule has 8 heteroatoms. The van der Waals surface area contributed by atoms with E-state index in [9.17, 15) is 10.1 Å². The van der Waals surface area contributed by atoms with Crippen molar-refractivity contribution in [3.63, 3.8) is 0 Å². The molecule has 0 unspecified atom stereocenters. The summed E-state index contributed by atoms with van der Waals surface area (Å²) in [5.41, 5.74) is 1.11. The first kappa shape index (κ1) is 15.9. The van der Waals surface area contributed by atoms with Gasteiger partial charge in [0.1, 0.15) is 12.3 Å². The number of halogens is 1. The van der Waals surface area contributed by atoms with Gasteiger partial charge in [-0.05, 0) is 22.6 Å². The van der Waals surface area contributed by atoms with Crippen molar-refractivity contribution in [2.75, 3.05) is 6.61 Å². The molecule has 3 rings (SSSR count). The summed E-state index contributed by atoms with van der Waals surface area (Å²) in [4.78, 5) is 14.1. The zero-order chi connectivity index (χ0) is 16.2. The van der Waals surface area contributed by atoms with E-state index in [1.807, 2.05) is 24.3 Å². The fourth-order valence-corrected chi connectivity index (χ4v) is 2.67. The molecule has 0 fully saturated rings. The molecule has 0 saturated carbocycles. The van der Waals surface area contributed by atoms with Gasteiger partial charge in [-0.15, -0.1) is 0 Å². The highest BCUT2D eigenvalue weighted by Crippen LogP contribution is 2.25. The lowest BCUT2D eigenvalue weighted by Gasteiger charge is -2.21. The van der Waals surface area contributed by atoms with Gasteiger partial charge < -0.3 is 19.6 Å². The van der Waals surface area contributed by atoms with Crippen molar-refractivity contribution in [3.8, 4) is 6.01 Å². The quantitative estimate of drug-likeness (QED) is 0.435. The number of hydrogen-bond acceptors (Lipinski definition) is 5. The van der Waals surface area contributed by atoms with Gasteiger partial charge in [-0.2, -0.15) is 0 Å². The molecular weight excluding hydrogens is 366 g/mol. The Morgan fingerprint density at radius 2 is 2.22 bits per heavy atom. The van der Waals surface area contributed by atoms with E-state index in [0.717, 1.165) is 22.9 Å². The minimum absolute atomic E-state index is 0.0191. The molecule has 122 valence electrons. The average molecular weight is 382 g/mol. The van der Waals surface area contributed by atoms with Crippen LogP contribution >= 0.6 is 15.9 Å². The molecule has 0 aliphatic carbocycles. The molecule has 1 aliphatic rings. The third-order valence-electron chi connectivity index (χ3n) is 3.64. The van der Waals surface area contributed by atoms with Crippen molar-refractivity contribution in [1.29, 1.82) is 0 Å². The number of aromatic nitrogens is 2. The summed E-state index contributed by atoms with van der Waals surface area (Å²) in [6.45, 7) is 1.80. The van der Waals surface area contributed by atoms with E-state index >= 15 is 0 Å². The second-order valence-corrected chi connectivity index (χ2v) is 6.24. The maximum Gasteiger partial charge on any atom is 0.414 e. The van der Waals surface area contributed by atoms with Gasteiger partial charge in [0.2, 0.25) is 0 Å². The first-order chi connectivity index (χ1) is 11.1. The molecule has 0 N–H and O–H groups in total. The molecule has 2 aromatic rings. The zero-order valence-electron chi connectivity index (χ0n) is 12.4. The third-order valence-corrected chi connectivity index (χ3v) is 4.17. The molecule has 0 amide bonds. The van der Waals surface area contributed by atoms with E-state index in [1.165, 1.54) is 6.20 Å². The monoisotopic (exact) mass is 381 g/mol. The predicted molar refractivity (Wildman–Crippen MR) is 86.3 cm³/mol. The molecule has 0 bridgehead atoms. The molecule has 1 aromatic carbocycles. The van der Waals surface area contributed by atoms with Crippen molar-refractivity contribution in [1.82, 2.24) is 9.55 Å². The standard InChI is InChI=1S/C15H16BrN3O4/c16-12-3-1-11(2-4-12)10-22-8-6-13-5-7-18-9-14(19(20)21)17-15(18)23-13/h1-4,9,13H,5-8,10H2/t13-/m1/s1. The van der Waals surface area contributed by atoms with E-state index < -0.39 is 4.92 Å². The molecule has 7 nitrogen and oxygen atoms in total. The fraction of sp³-hybridized carbons (Fsp3) is 0.400. The lowest BCUT2D eigenvalue weighted by atomic mass is 10.2. The van der Waals surface area contributed by atoms with Gasteiger partial charge in [-0.25, -0.2) is 0 Å². The third kappa shape index (κ3) is 4.08. The molecule has 0 radical (unpaired) electrons. The van der Waals surface area contributed by atoms with E-state index in [1.54, 1.807) is 4.57 Å². The number of nitrogens with zero attached hydrogens (tertiary/aromatic N) is 3. The van der Waals surface area contributed by atoms with Crippen LogP contribution in [0.25, 0.3) is 0 Å². The zero-order valence-corrected chi connectivity index (χ0v) is 13.9. The van der Waals surface area contributed by atoms with Gasteiger partial charge in [-0.1, -0.05) is 28.1 Å². The topological polar surface area (TPSA) is 79.4 Å². The van der Waals surface area contributed by atoms with Gasteiger partial charge in [0.15, 0.2) is 0 Å². The number of nitro groups is 1. The Morgan fingerprint density at radius 3 is 2.96 bits per heavy atom. The number of hydrogen-bond donors (Lipinski definition) is 0. The number of imidazole rings is 1. The van der Waals surface area contributed by atoms with Crippen molar-refractivity contribution >= 4 is 21.7 Å². The van der Waals surface area contributed by atoms with Crippen LogP contribution in [0.4, 0.5) is 5.82 Å². The number of fused-ring (bicyclic) bond motifs is 1. The van der Waals surface area contributed by atoms with Crippen LogP contribution in [0.15, 0.2) is 34.9 Å². The highest BCUT2D eigenvalue weighted by atomic mass is 79.9. The summed E-state index contributed by atoms with van der Waals surface area (Å²) in [6.07, 6.45) is 2.92. The van der Waals surface area contributed by atoms with E-state index in [4.69, 9.17) is 9.47 Å². The van der Waals surface area contributed by atoms with Crippen LogP contribution in [-0.2, 0) is 17.9 Å². The van der Waals surface area contributed by atoms with Gasteiger partial charge >= 0.3 is 11.8 Å². The SMILES string of the molecule is O=[N+]([O-])c1cn2c(n1)O[C@@H](CCOCc1ccc(Br)cc1)CC2. The Morgan fingerprint density at radius 1 is 1.43 bits per heavy atom. The van der Waals surface area contributed by atoms with Gasteiger partial charge in [0.05, 0.1) is 13.2 Å². The Labute approximate surface area is 141 Å². The van der Waals surface area contributed by atoms with Crippen LogP contribution < -0.4 is 4.74 Å². The Kier molecular flexibility index (Phi) is 4.92. The Balaban J connectivity index is 1.44. The van der Waals surface area contributed by atoms with Crippen molar-refractivity contribution in [2.45, 2.75) is 32.1 Å². The highest BCUT2D eigenvalue weighted by molar-refractivity contribution is 9.10. The summed E-state index contributed by atoms with van der Waals surface area (Å²) in [7, 11) is 0. The smallest absolute Gasteiger partial charge is 0.414 e. The van der Waals surface area contributed by atoms with Crippen molar-refractivity contribution in [3.05, 3.63) is 50.6 Å². The van der Waals surface area contributed by atoms with Crippen LogP contribution in [0, 0.1) is 10.1 Å². The number of benzene rings is 1. The fourth-order valence-electron chi connectivity index (χ4n) is 2.41. The summed E-state index contributed by atoms with van der Waals surface area (Å²) in [5, 5.41) is 10.7. The van der Waals surface area contributed by atoms with Crippen molar-refractivity contribution < 1.29 is 14.4 Å². The first-order valence-corrected chi connectivity index (χ1v) is 8.11. The molecule has 2 heterocycles. The van der Waals surface area contributed by atoms with E-state index in [2.05, 4.69) is 20.9 Å². The average Bonchev–Trinajstić information content (AvgIpc) is 2.97. The normalized spacial score (nSPS) is 16.7. The largest absolute Gasteiger partial charge is 0.442 e. The predicted octanol–water partition coefficient (Wildman–Crippen LogP) is 3.31. The summed E-state index contributed by atoms with van der Waals surface area (Å²) < 4.78 is 14.1. The number of ether oxygens (including phenoxy) is 2. The molecule has 1 atom stereocenters. The minimum Gasteiger partial charge on any atom is -0.442 e. The summed E-state index contributed by atoms with van der Waals surface area (Å²) in [5.74, 6) is -0.174. The summed E-state index contributed by atoms with van der Waals surface area (Å²) >= 11 is 3.40. The lowest BCUT2D eigenvalue weighted by Crippen LogP contribution is -2.27. The van der Waals surface area contributed by atoms with Gasteiger partial charge in [0.25, 0.3) is 0 Å². The van der Waals surface area contributed by atoms with Crippen LogP contribution in [0.1, 0.15) is 18.4 Å². The minimum atomic E-state index is -0.509. The molecule has 23 heavy (non-hydrogen) atoms. The van der Waals surface area contributed by atoms with Crippen LogP contribution in [0.3, 0.4) is 0 Å². The number of aryl methyl sites for hydroxylation is 1. The highest BCUT2D eigenvalue weighted by Gasteiger charge is 2.27. The Hall–Kier alpha value is -1.93. The second-order valence-electron chi connectivity index (χ2n) is 5.33. The molecule has 1 aromatic heterocycles. The number of rotatable bonds is 6. The molecule has 0 spiro atoms. The Bertz CT molecular complexity index is 687. The van der Waals surface area contributed by atoms with Crippen LogP contribution in [0.2, 0.25) is 0 Å². The summed E-state index contributed by atoms with van der Waals surface area (Å²) in [6, 6.07) is 8.31.